The Hall–Kier alpha value is -4.33. The van der Waals surface area contributed by atoms with Gasteiger partial charge in [-0.1, -0.05) is 59.7 Å². The van der Waals surface area contributed by atoms with E-state index < -0.39 is 17.6 Å². The van der Waals surface area contributed by atoms with Gasteiger partial charge in [-0.2, -0.15) is 0 Å². The van der Waals surface area contributed by atoms with Gasteiger partial charge in [-0.3, -0.25) is 0 Å². The van der Waals surface area contributed by atoms with Crippen molar-refractivity contribution < 1.29 is 24.1 Å². The van der Waals surface area contributed by atoms with Crippen LogP contribution in [0.15, 0.2) is 89.0 Å². The molecule has 0 bridgehead atoms. The van der Waals surface area contributed by atoms with Gasteiger partial charge in [-0.05, 0) is 46.5 Å². The molecule has 2 atom stereocenters. The first-order valence-corrected chi connectivity index (χ1v) is 11.9. The minimum atomic E-state index is -1.41. The molecule has 9 heteroatoms. The maximum absolute atomic E-state index is 13.5. The standard InChI is InChI=1S/C28H28N4O5/c1-35-27(34)28(18-22-10-5-6-11-23(22)19-30-32-29)25(20-8-3-2-4-9-20)37-26(31-28)21-12-14-24(15-13-21)36-17-7-16-33/h2-6,8-15,25,33H,7,16-19H2,1H3/t25-,28-/m1/s1. The molecule has 1 N–H and O–H groups in total. The molecule has 0 aromatic heterocycles. The zero-order valence-corrected chi connectivity index (χ0v) is 20.5. The van der Waals surface area contributed by atoms with Gasteiger partial charge in [0.25, 0.3) is 0 Å². The molecule has 0 saturated carbocycles. The monoisotopic (exact) mass is 500 g/mol. The maximum atomic E-state index is 13.5. The second kappa shape index (κ2) is 12.1. The van der Waals surface area contributed by atoms with Gasteiger partial charge in [-0.25, -0.2) is 9.79 Å². The molecule has 1 aliphatic rings. The normalized spacial score (nSPS) is 18.3. The number of esters is 1. The number of aliphatic imine (C=N–C) groups is 1. The first-order chi connectivity index (χ1) is 18.1. The minimum Gasteiger partial charge on any atom is -0.494 e. The van der Waals surface area contributed by atoms with Crippen molar-refractivity contribution in [3.05, 3.63) is 112 Å². The van der Waals surface area contributed by atoms with Crippen molar-refractivity contribution in [2.45, 2.75) is 31.0 Å². The van der Waals surface area contributed by atoms with Gasteiger partial charge in [0.05, 0.1) is 20.3 Å². The van der Waals surface area contributed by atoms with Crippen LogP contribution in [0.5, 0.6) is 5.75 Å². The summed E-state index contributed by atoms with van der Waals surface area (Å²) in [5.74, 6) is 0.439. The molecule has 0 amide bonds. The zero-order chi connectivity index (χ0) is 26.1. The van der Waals surface area contributed by atoms with Gasteiger partial charge in [0, 0.05) is 29.9 Å². The predicted molar refractivity (Wildman–Crippen MR) is 138 cm³/mol. The molecule has 0 fully saturated rings. The Morgan fingerprint density at radius 1 is 1.08 bits per heavy atom. The van der Waals surface area contributed by atoms with Crippen LogP contribution in [0, 0.1) is 0 Å². The topological polar surface area (TPSA) is 126 Å². The van der Waals surface area contributed by atoms with Crippen LogP contribution in [-0.2, 0) is 27.2 Å². The maximum Gasteiger partial charge on any atom is 0.338 e. The van der Waals surface area contributed by atoms with Crippen LogP contribution in [0.1, 0.15) is 34.8 Å². The fraction of sp³-hybridized carbons (Fsp3) is 0.286. The lowest BCUT2D eigenvalue weighted by Crippen LogP contribution is -2.44. The van der Waals surface area contributed by atoms with Crippen molar-refractivity contribution in [1.82, 2.24) is 0 Å². The van der Waals surface area contributed by atoms with Crippen molar-refractivity contribution >= 4 is 11.9 Å². The van der Waals surface area contributed by atoms with Gasteiger partial charge in [0.15, 0.2) is 6.10 Å². The number of hydrogen-bond donors (Lipinski definition) is 1. The second-order valence-corrected chi connectivity index (χ2v) is 8.53. The third kappa shape index (κ3) is 5.74. The molecule has 37 heavy (non-hydrogen) atoms. The Morgan fingerprint density at radius 2 is 1.78 bits per heavy atom. The largest absolute Gasteiger partial charge is 0.494 e. The van der Waals surface area contributed by atoms with Crippen molar-refractivity contribution in [1.29, 1.82) is 0 Å². The molecule has 190 valence electrons. The third-order valence-electron chi connectivity index (χ3n) is 6.16. The molecule has 0 unspecified atom stereocenters. The summed E-state index contributed by atoms with van der Waals surface area (Å²) in [6, 6.07) is 24.1. The Bertz CT molecular complexity index is 1290. The molecule has 3 aromatic carbocycles. The van der Waals surface area contributed by atoms with E-state index in [-0.39, 0.29) is 19.6 Å². The highest BCUT2D eigenvalue weighted by atomic mass is 16.5. The first kappa shape index (κ1) is 25.8. The van der Waals surface area contributed by atoms with E-state index in [9.17, 15) is 4.79 Å². The highest BCUT2D eigenvalue weighted by Gasteiger charge is 2.54. The van der Waals surface area contributed by atoms with E-state index in [1.54, 1.807) is 12.1 Å². The molecule has 0 spiro atoms. The van der Waals surface area contributed by atoms with Crippen molar-refractivity contribution in [2.75, 3.05) is 20.3 Å². The van der Waals surface area contributed by atoms with Crippen LogP contribution in [0.2, 0.25) is 0 Å². The van der Waals surface area contributed by atoms with Gasteiger partial charge < -0.3 is 19.3 Å². The summed E-state index contributed by atoms with van der Waals surface area (Å²) in [5.41, 5.74) is 10.5. The lowest BCUT2D eigenvalue weighted by atomic mass is 9.81. The number of rotatable bonds is 11. The highest BCUT2D eigenvalue weighted by molar-refractivity contribution is 6.00. The van der Waals surface area contributed by atoms with Crippen molar-refractivity contribution in [2.24, 2.45) is 10.1 Å². The third-order valence-corrected chi connectivity index (χ3v) is 6.16. The minimum absolute atomic E-state index is 0.0607. The van der Waals surface area contributed by atoms with Gasteiger partial charge >= 0.3 is 5.97 Å². The summed E-state index contributed by atoms with van der Waals surface area (Å²) in [7, 11) is 1.34. The van der Waals surface area contributed by atoms with E-state index in [1.807, 2.05) is 66.7 Å². The molecule has 1 heterocycles. The first-order valence-electron chi connectivity index (χ1n) is 11.9. The number of benzene rings is 3. The number of aliphatic hydroxyl groups is 1. The number of hydrogen-bond acceptors (Lipinski definition) is 7. The lowest BCUT2D eigenvalue weighted by molar-refractivity contribution is -0.149. The Kier molecular flexibility index (Phi) is 8.40. The zero-order valence-electron chi connectivity index (χ0n) is 20.5. The summed E-state index contributed by atoms with van der Waals surface area (Å²) >= 11 is 0. The molecule has 4 rings (SSSR count). The molecule has 3 aromatic rings. The number of ether oxygens (including phenoxy) is 3. The number of nitrogens with zero attached hydrogens (tertiary/aromatic N) is 4. The summed E-state index contributed by atoms with van der Waals surface area (Å²) in [6.07, 6.45) is -0.0226. The SMILES string of the molecule is COC(=O)[C@]1(Cc2ccccc2CN=[N+]=[N-])N=C(c2ccc(OCCCO)cc2)O[C@@H]1c1ccccc1. The average Bonchev–Trinajstić information content (AvgIpc) is 3.33. The van der Waals surface area contributed by atoms with Gasteiger partial charge in [-0.15, -0.1) is 0 Å². The predicted octanol–water partition coefficient (Wildman–Crippen LogP) is 4.93. The Balaban J connectivity index is 1.77. The number of aliphatic hydroxyl groups excluding tert-OH is 1. The van der Waals surface area contributed by atoms with Crippen molar-refractivity contribution in [3.8, 4) is 5.75 Å². The molecular formula is C28H28N4O5. The lowest BCUT2D eigenvalue weighted by Gasteiger charge is -2.30. The smallest absolute Gasteiger partial charge is 0.338 e. The van der Waals surface area contributed by atoms with E-state index >= 15 is 0 Å². The van der Waals surface area contributed by atoms with Crippen LogP contribution in [0.4, 0.5) is 0 Å². The number of carbonyl (C=O) groups is 1. The van der Waals surface area contributed by atoms with Crippen LogP contribution >= 0.6 is 0 Å². The highest BCUT2D eigenvalue weighted by Crippen LogP contribution is 2.43. The quantitative estimate of drug-likeness (QED) is 0.131. The molecule has 0 aliphatic carbocycles. The summed E-state index contributed by atoms with van der Waals surface area (Å²) in [4.78, 5) is 21.3. The van der Waals surface area contributed by atoms with E-state index in [0.29, 0.717) is 30.2 Å². The van der Waals surface area contributed by atoms with Crippen LogP contribution in [-0.4, -0.2) is 42.8 Å². The van der Waals surface area contributed by atoms with Gasteiger partial charge in [0.2, 0.25) is 11.4 Å². The second-order valence-electron chi connectivity index (χ2n) is 8.53. The summed E-state index contributed by atoms with van der Waals surface area (Å²) < 4.78 is 17.3. The van der Waals surface area contributed by atoms with E-state index in [0.717, 1.165) is 16.7 Å². The number of methoxy groups -OCH3 is 1. The van der Waals surface area contributed by atoms with E-state index in [4.69, 9.17) is 29.8 Å². The van der Waals surface area contributed by atoms with E-state index in [2.05, 4.69) is 10.0 Å². The average molecular weight is 501 g/mol. The van der Waals surface area contributed by atoms with Crippen LogP contribution in [0.3, 0.4) is 0 Å². The van der Waals surface area contributed by atoms with Gasteiger partial charge in [0.1, 0.15) is 5.75 Å². The molecular weight excluding hydrogens is 472 g/mol. The fourth-order valence-corrected chi connectivity index (χ4v) is 4.34. The summed E-state index contributed by atoms with van der Waals surface area (Å²) in [5, 5.41) is 12.7. The van der Waals surface area contributed by atoms with Crippen molar-refractivity contribution in [3.63, 3.8) is 0 Å². The number of carbonyl (C=O) groups excluding carboxylic acids is 1. The Morgan fingerprint density at radius 3 is 2.46 bits per heavy atom. The molecule has 1 aliphatic heterocycles. The Labute approximate surface area is 215 Å². The summed E-state index contributed by atoms with van der Waals surface area (Å²) in [6.45, 7) is 0.615. The number of azide groups is 1. The fourth-order valence-electron chi connectivity index (χ4n) is 4.34. The van der Waals surface area contributed by atoms with E-state index in [1.165, 1.54) is 7.11 Å². The molecule has 9 nitrogen and oxygen atoms in total. The van der Waals surface area contributed by atoms with Crippen LogP contribution in [0.25, 0.3) is 10.4 Å². The molecule has 0 saturated heterocycles. The van der Waals surface area contributed by atoms with Crippen LogP contribution < -0.4 is 4.74 Å². The molecule has 0 radical (unpaired) electrons.